The summed E-state index contributed by atoms with van der Waals surface area (Å²) in [6.45, 7) is 6.87. The van der Waals surface area contributed by atoms with Crippen molar-refractivity contribution < 1.29 is 4.92 Å². The van der Waals surface area contributed by atoms with Crippen molar-refractivity contribution in [1.82, 2.24) is 10.3 Å². The van der Waals surface area contributed by atoms with E-state index in [0.29, 0.717) is 17.6 Å². The summed E-state index contributed by atoms with van der Waals surface area (Å²) in [5.41, 5.74) is 0.625. The van der Waals surface area contributed by atoms with Crippen molar-refractivity contribution >= 4 is 11.5 Å². The van der Waals surface area contributed by atoms with E-state index in [-0.39, 0.29) is 5.82 Å². The van der Waals surface area contributed by atoms with Crippen LogP contribution in [-0.4, -0.2) is 35.6 Å². The summed E-state index contributed by atoms with van der Waals surface area (Å²) in [7, 11) is 0. The Hall–Kier alpha value is -1.69. The maximum absolute atomic E-state index is 11.1. The first-order valence-corrected chi connectivity index (χ1v) is 7.15. The molecule has 0 amide bonds. The van der Waals surface area contributed by atoms with Crippen molar-refractivity contribution in [2.24, 2.45) is 5.92 Å². The van der Waals surface area contributed by atoms with E-state index >= 15 is 0 Å². The largest absolute Gasteiger partial charge is 0.387 e. The van der Waals surface area contributed by atoms with E-state index in [9.17, 15) is 10.1 Å². The molecule has 1 N–H and O–H groups in total. The Morgan fingerprint density at radius 1 is 1.60 bits per heavy atom. The molecule has 1 aliphatic rings. The van der Waals surface area contributed by atoms with Gasteiger partial charge in [-0.05, 0) is 47.3 Å². The van der Waals surface area contributed by atoms with Crippen molar-refractivity contribution in [1.29, 1.82) is 0 Å². The zero-order valence-electron chi connectivity index (χ0n) is 12.1. The molecule has 110 valence electrons. The molecule has 0 spiro atoms. The number of pyridine rings is 1. The van der Waals surface area contributed by atoms with Gasteiger partial charge in [-0.1, -0.05) is 13.8 Å². The molecule has 6 heteroatoms. The van der Waals surface area contributed by atoms with Gasteiger partial charge < -0.3 is 20.3 Å². The Balaban J connectivity index is 2.22. The van der Waals surface area contributed by atoms with Crippen LogP contribution < -0.4 is 10.2 Å². The second-order valence-electron chi connectivity index (χ2n) is 5.70. The molecule has 6 nitrogen and oxygen atoms in total. The third-order valence-electron chi connectivity index (χ3n) is 3.47. The van der Waals surface area contributed by atoms with Crippen LogP contribution in [0, 0.1) is 16.0 Å². The number of anilines is 1. The normalized spacial score (nSPS) is 18.4. The van der Waals surface area contributed by atoms with Crippen LogP contribution in [0.15, 0.2) is 18.3 Å². The van der Waals surface area contributed by atoms with Crippen molar-refractivity contribution in [3.8, 4) is 0 Å². The molecule has 2 rings (SSSR count). The van der Waals surface area contributed by atoms with E-state index in [2.05, 4.69) is 29.0 Å². The Bertz CT molecular complexity index is 458. The lowest BCUT2D eigenvalue weighted by Crippen LogP contribution is -2.39. The first kappa shape index (κ1) is 14.7. The van der Waals surface area contributed by atoms with E-state index in [1.165, 1.54) is 12.6 Å². The van der Waals surface area contributed by atoms with Gasteiger partial charge in [0, 0.05) is 19.1 Å². The second-order valence-corrected chi connectivity index (χ2v) is 5.70. The van der Waals surface area contributed by atoms with Crippen molar-refractivity contribution in [3.63, 3.8) is 0 Å². The Morgan fingerprint density at radius 2 is 2.40 bits per heavy atom. The molecule has 1 unspecified atom stereocenters. The Morgan fingerprint density at radius 3 is 3.00 bits per heavy atom. The average Bonchev–Trinajstić information content (AvgIpc) is 2.90. The maximum atomic E-state index is 11.1. The number of hydrogen-bond acceptors (Lipinski definition) is 5. The topological polar surface area (TPSA) is 71.3 Å². The van der Waals surface area contributed by atoms with Crippen LogP contribution in [-0.2, 0) is 0 Å². The van der Waals surface area contributed by atoms with E-state index in [0.717, 1.165) is 26.1 Å². The van der Waals surface area contributed by atoms with Crippen LogP contribution in [0.25, 0.3) is 0 Å². The fourth-order valence-electron chi connectivity index (χ4n) is 2.67. The molecule has 0 aromatic carbocycles. The Labute approximate surface area is 119 Å². The summed E-state index contributed by atoms with van der Waals surface area (Å²) in [4.78, 5) is 16.8. The summed E-state index contributed by atoms with van der Waals surface area (Å²) in [5.74, 6) is 0.391. The highest BCUT2D eigenvalue weighted by Gasteiger charge is 2.24. The first-order chi connectivity index (χ1) is 9.58. The monoisotopic (exact) mass is 278 g/mol. The molecule has 0 radical (unpaired) electrons. The van der Waals surface area contributed by atoms with E-state index < -0.39 is 4.92 Å². The summed E-state index contributed by atoms with van der Waals surface area (Å²) >= 11 is 0. The highest BCUT2D eigenvalue weighted by atomic mass is 16.6. The number of nitrogens with one attached hydrogen (secondary N) is 1. The molecule has 20 heavy (non-hydrogen) atoms. The van der Waals surface area contributed by atoms with Crippen LogP contribution in [0.3, 0.4) is 0 Å². The van der Waals surface area contributed by atoms with Gasteiger partial charge in [-0.25, -0.2) is 0 Å². The van der Waals surface area contributed by atoms with Crippen LogP contribution in [0.5, 0.6) is 0 Å². The Kier molecular flexibility index (Phi) is 4.89. The number of aromatic nitrogens is 1. The molecule has 1 aliphatic heterocycles. The molecule has 0 bridgehead atoms. The first-order valence-electron chi connectivity index (χ1n) is 7.15. The average molecular weight is 278 g/mol. The molecule has 1 atom stereocenters. The molecule has 0 aliphatic carbocycles. The van der Waals surface area contributed by atoms with Gasteiger partial charge in [-0.2, -0.15) is 0 Å². The summed E-state index contributed by atoms with van der Waals surface area (Å²) < 4.78 is 0. The lowest BCUT2D eigenvalue weighted by Gasteiger charge is -2.28. The summed E-state index contributed by atoms with van der Waals surface area (Å²) in [6, 6.07) is 3.97. The van der Waals surface area contributed by atoms with Crippen LogP contribution in [0.4, 0.5) is 11.5 Å². The highest BCUT2D eigenvalue weighted by molar-refractivity contribution is 5.59. The summed E-state index contributed by atoms with van der Waals surface area (Å²) in [5, 5.41) is 14.6. The number of nitro groups is 1. The van der Waals surface area contributed by atoms with E-state index in [4.69, 9.17) is 0 Å². The van der Waals surface area contributed by atoms with Gasteiger partial charge >= 0.3 is 5.82 Å². The number of hydrogen-bond donors (Lipinski definition) is 1. The zero-order valence-corrected chi connectivity index (χ0v) is 12.1. The minimum atomic E-state index is -0.398. The minimum absolute atomic E-state index is 0.0499. The third-order valence-corrected chi connectivity index (χ3v) is 3.47. The lowest BCUT2D eigenvalue weighted by molar-refractivity contribution is -0.388. The van der Waals surface area contributed by atoms with Gasteiger partial charge in [0.05, 0.1) is 0 Å². The van der Waals surface area contributed by atoms with Crippen molar-refractivity contribution in [2.45, 2.75) is 32.7 Å². The van der Waals surface area contributed by atoms with Gasteiger partial charge in [0.1, 0.15) is 11.9 Å². The predicted molar refractivity (Wildman–Crippen MR) is 79.0 cm³/mol. The molecule has 1 aromatic rings. The van der Waals surface area contributed by atoms with Crippen LogP contribution in [0.2, 0.25) is 0 Å². The molecular weight excluding hydrogens is 256 g/mol. The SMILES string of the molecule is CC(C)CN(CC1CCCN1)c1cccnc1[N+](=O)[O-]. The maximum Gasteiger partial charge on any atom is 0.387 e. The van der Waals surface area contributed by atoms with Gasteiger partial charge in [-0.15, -0.1) is 0 Å². The van der Waals surface area contributed by atoms with Crippen molar-refractivity contribution in [2.75, 3.05) is 24.5 Å². The number of nitrogens with zero attached hydrogens (tertiary/aromatic N) is 3. The second kappa shape index (κ2) is 6.65. The molecule has 1 fully saturated rings. The van der Waals surface area contributed by atoms with Gasteiger partial charge in [0.25, 0.3) is 0 Å². The molecule has 2 heterocycles. The van der Waals surface area contributed by atoms with Crippen LogP contribution in [0.1, 0.15) is 26.7 Å². The van der Waals surface area contributed by atoms with Crippen LogP contribution >= 0.6 is 0 Å². The predicted octanol–water partition coefficient (Wildman–Crippen LogP) is 2.20. The van der Waals surface area contributed by atoms with Gasteiger partial charge in [-0.3, -0.25) is 0 Å². The zero-order chi connectivity index (χ0) is 14.5. The van der Waals surface area contributed by atoms with E-state index in [1.807, 2.05) is 0 Å². The molecular formula is C14H22N4O2. The molecule has 1 saturated heterocycles. The van der Waals surface area contributed by atoms with Gasteiger partial charge in [0.15, 0.2) is 0 Å². The number of rotatable bonds is 6. The summed E-state index contributed by atoms with van der Waals surface area (Å²) in [6.07, 6.45) is 3.78. The fourth-order valence-corrected chi connectivity index (χ4v) is 2.67. The molecule has 0 saturated carbocycles. The lowest BCUT2D eigenvalue weighted by atomic mass is 10.1. The standard InChI is InChI=1S/C14H22N4O2/c1-11(2)9-17(10-12-5-3-7-15-12)13-6-4-8-16-14(13)18(19)20/h4,6,8,11-12,15H,3,5,7,9-10H2,1-2H3. The fraction of sp³-hybridized carbons (Fsp3) is 0.643. The quantitative estimate of drug-likeness (QED) is 0.638. The van der Waals surface area contributed by atoms with Crippen molar-refractivity contribution in [3.05, 3.63) is 28.4 Å². The highest BCUT2D eigenvalue weighted by Crippen LogP contribution is 2.26. The molecule has 1 aromatic heterocycles. The third kappa shape index (κ3) is 3.66. The van der Waals surface area contributed by atoms with Gasteiger partial charge in [0.2, 0.25) is 0 Å². The minimum Gasteiger partial charge on any atom is -0.363 e. The van der Waals surface area contributed by atoms with E-state index in [1.54, 1.807) is 12.1 Å². The smallest absolute Gasteiger partial charge is 0.363 e.